The number of benzene rings is 2. The number of phenols is 1. The summed E-state index contributed by atoms with van der Waals surface area (Å²) in [6, 6.07) is 12.7. The second-order valence-corrected chi connectivity index (χ2v) is 5.64. The highest BCUT2D eigenvalue weighted by Crippen LogP contribution is 2.15. The Morgan fingerprint density at radius 3 is 2.20 bits per heavy atom. The van der Waals surface area contributed by atoms with Gasteiger partial charge in [-0.25, -0.2) is 4.79 Å². The zero-order valence-electron chi connectivity index (χ0n) is 14.3. The fourth-order valence-electron chi connectivity index (χ4n) is 2.41. The Morgan fingerprint density at radius 2 is 1.64 bits per heavy atom. The molecular weight excluding hydrogens is 320 g/mol. The monoisotopic (exact) mass is 342 g/mol. The van der Waals surface area contributed by atoms with Crippen molar-refractivity contribution in [2.75, 3.05) is 14.2 Å². The predicted octanol–water partition coefficient (Wildman–Crippen LogP) is 2.05. The van der Waals surface area contributed by atoms with Crippen LogP contribution in [-0.2, 0) is 17.6 Å². The maximum absolute atomic E-state index is 12.7. The average molecular weight is 342 g/mol. The van der Waals surface area contributed by atoms with Crippen LogP contribution in [0, 0.1) is 0 Å². The second kappa shape index (κ2) is 8.73. The molecule has 0 aliphatic carbocycles. The summed E-state index contributed by atoms with van der Waals surface area (Å²) in [6.07, 6.45) is 0.555. The van der Waals surface area contributed by atoms with Crippen molar-refractivity contribution in [1.29, 1.82) is 0 Å². The molecule has 25 heavy (non-hydrogen) atoms. The van der Waals surface area contributed by atoms with Crippen LogP contribution in [0.3, 0.4) is 0 Å². The van der Waals surface area contributed by atoms with Crippen molar-refractivity contribution in [3.63, 3.8) is 0 Å². The number of nitrogens with one attached hydrogen (secondary N) is 2. The Morgan fingerprint density at radius 1 is 1.04 bits per heavy atom. The van der Waals surface area contributed by atoms with Gasteiger partial charge in [-0.15, -0.1) is 0 Å². The highest BCUT2D eigenvalue weighted by Gasteiger charge is 2.21. The summed E-state index contributed by atoms with van der Waals surface area (Å²) in [4.78, 5) is 24.3. The molecule has 0 saturated heterocycles. The summed E-state index contributed by atoms with van der Waals surface area (Å²) in [5.74, 6) is 0.784. The van der Waals surface area contributed by atoms with E-state index < -0.39 is 12.1 Å². The third-order valence-corrected chi connectivity index (χ3v) is 3.83. The lowest BCUT2D eigenvalue weighted by Crippen LogP contribution is -2.46. The molecule has 0 radical (unpaired) electrons. The Labute approximate surface area is 146 Å². The van der Waals surface area contributed by atoms with E-state index in [1.807, 2.05) is 12.1 Å². The van der Waals surface area contributed by atoms with Gasteiger partial charge in [0.05, 0.1) is 13.2 Å². The zero-order valence-corrected chi connectivity index (χ0v) is 14.3. The topological polar surface area (TPSA) is 87.7 Å². The number of urea groups is 1. The molecule has 2 rings (SSSR count). The van der Waals surface area contributed by atoms with Gasteiger partial charge in [-0.3, -0.25) is 4.79 Å². The molecule has 0 saturated carbocycles. The molecular formula is C19H22N2O4. The number of aromatic hydroxyl groups is 1. The van der Waals surface area contributed by atoms with E-state index in [2.05, 4.69) is 10.6 Å². The van der Waals surface area contributed by atoms with Gasteiger partial charge in [-0.2, -0.15) is 0 Å². The molecule has 1 atom stereocenters. The molecule has 6 heteroatoms. The number of ether oxygens (including phenoxy) is 1. The first-order valence-corrected chi connectivity index (χ1v) is 7.93. The minimum absolute atomic E-state index is 0.0955. The van der Waals surface area contributed by atoms with Crippen molar-refractivity contribution in [2.24, 2.45) is 0 Å². The molecule has 0 spiro atoms. The Bertz CT molecular complexity index is 711. The number of Topliss-reactive ketones (excluding diaryl/α,β-unsaturated/α-hetero) is 1. The first-order chi connectivity index (χ1) is 12.0. The van der Waals surface area contributed by atoms with E-state index in [0.29, 0.717) is 6.42 Å². The molecule has 0 bridgehead atoms. The fraction of sp³-hybridized carbons (Fsp3) is 0.263. The quantitative estimate of drug-likeness (QED) is 0.719. The molecule has 6 nitrogen and oxygen atoms in total. The van der Waals surface area contributed by atoms with Crippen LogP contribution < -0.4 is 15.4 Å². The lowest BCUT2D eigenvalue weighted by atomic mass is 9.97. The first kappa shape index (κ1) is 18.3. The third kappa shape index (κ3) is 5.53. The molecule has 0 fully saturated rings. The van der Waals surface area contributed by atoms with Crippen molar-refractivity contribution in [3.8, 4) is 11.5 Å². The Hall–Kier alpha value is -3.02. The maximum atomic E-state index is 12.7. The standard InChI is InChI=1S/C19H22N2O4/c1-20-19(24)21-17(11-13-3-7-15(22)8-4-13)18(23)12-14-5-9-16(25-2)10-6-14/h3-10,17,22H,11-12H2,1-2H3,(H2,20,21,24)/t17-/m0/s1. The van der Waals surface area contributed by atoms with Gasteiger partial charge >= 0.3 is 6.03 Å². The van der Waals surface area contributed by atoms with Crippen molar-refractivity contribution >= 4 is 11.8 Å². The predicted molar refractivity (Wildman–Crippen MR) is 94.9 cm³/mol. The van der Waals surface area contributed by atoms with E-state index in [4.69, 9.17) is 4.74 Å². The lowest BCUT2D eigenvalue weighted by molar-refractivity contribution is -0.120. The number of carbonyl (C=O) groups is 2. The van der Waals surface area contributed by atoms with Crippen LogP contribution in [-0.4, -0.2) is 37.1 Å². The van der Waals surface area contributed by atoms with Gasteiger partial charge in [0, 0.05) is 13.5 Å². The molecule has 0 heterocycles. The summed E-state index contributed by atoms with van der Waals surface area (Å²) >= 11 is 0. The molecule has 2 amide bonds. The van der Waals surface area contributed by atoms with Gasteiger partial charge in [-0.05, 0) is 41.8 Å². The van der Waals surface area contributed by atoms with Gasteiger partial charge in [-0.1, -0.05) is 24.3 Å². The summed E-state index contributed by atoms with van der Waals surface area (Å²) in [5, 5.41) is 14.5. The van der Waals surface area contributed by atoms with Gasteiger partial charge in [0.15, 0.2) is 5.78 Å². The van der Waals surface area contributed by atoms with Gasteiger partial charge in [0.1, 0.15) is 11.5 Å². The molecule has 132 valence electrons. The average Bonchev–Trinajstić information content (AvgIpc) is 2.63. The molecule has 0 aliphatic heterocycles. The number of rotatable bonds is 7. The van der Waals surface area contributed by atoms with Gasteiger partial charge in [0.2, 0.25) is 0 Å². The summed E-state index contributed by atoms with van der Waals surface area (Å²) in [5.41, 5.74) is 1.70. The van der Waals surface area contributed by atoms with Crippen molar-refractivity contribution in [1.82, 2.24) is 10.6 Å². The molecule has 3 N–H and O–H groups in total. The molecule has 2 aromatic rings. The fourth-order valence-corrected chi connectivity index (χ4v) is 2.41. The van der Waals surface area contributed by atoms with E-state index in [-0.39, 0.29) is 18.0 Å². The highest BCUT2D eigenvalue weighted by molar-refractivity contribution is 5.90. The number of hydrogen-bond acceptors (Lipinski definition) is 4. The van der Waals surface area contributed by atoms with Crippen LogP contribution in [0.25, 0.3) is 0 Å². The Balaban J connectivity index is 2.10. The van der Waals surface area contributed by atoms with Crippen molar-refractivity contribution in [2.45, 2.75) is 18.9 Å². The smallest absolute Gasteiger partial charge is 0.315 e. The summed E-state index contributed by atoms with van der Waals surface area (Å²) in [6.45, 7) is 0. The zero-order chi connectivity index (χ0) is 18.2. The van der Waals surface area contributed by atoms with Crippen LogP contribution in [0.1, 0.15) is 11.1 Å². The van der Waals surface area contributed by atoms with Crippen molar-refractivity contribution < 1.29 is 19.4 Å². The SMILES string of the molecule is CNC(=O)N[C@@H](Cc1ccc(O)cc1)C(=O)Cc1ccc(OC)cc1. The number of amides is 2. The second-order valence-electron chi connectivity index (χ2n) is 5.64. The van der Waals surface area contributed by atoms with Gasteiger partial charge in [0.25, 0.3) is 0 Å². The largest absolute Gasteiger partial charge is 0.508 e. The van der Waals surface area contributed by atoms with E-state index in [9.17, 15) is 14.7 Å². The Kier molecular flexibility index (Phi) is 6.39. The summed E-state index contributed by atoms with van der Waals surface area (Å²) < 4.78 is 5.11. The molecule has 0 unspecified atom stereocenters. The van der Waals surface area contributed by atoms with E-state index in [0.717, 1.165) is 16.9 Å². The lowest BCUT2D eigenvalue weighted by Gasteiger charge is -2.18. The number of hydrogen-bond donors (Lipinski definition) is 3. The third-order valence-electron chi connectivity index (χ3n) is 3.83. The van der Waals surface area contributed by atoms with Crippen LogP contribution in [0.15, 0.2) is 48.5 Å². The van der Waals surface area contributed by atoms with Crippen LogP contribution in [0.2, 0.25) is 0 Å². The van der Waals surface area contributed by atoms with Gasteiger partial charge < -0.3 is 20.5 Å². The van der Waals surface area contributed by atoms with Crippen molar-refractivity contribution in [3.05, 3.63) is 59.7 Å². The maximum Gasteiger partial charge on any atom is 0.315 e. The molecule has 0 aliphatic rings. The number of methoxy groups -OCH3 is 1. The summed E-state index contributed by atoms with van der Waals surface area (Å²) in [7, 11) is 3.09. The number of ketones is 1. The van der Waals surface area contributed by atoms with Crippen LogP contribution in [0.5, 0.6) is 11.5 Å². The van der Waals surface area contributed by atoms with Crippen LogP contribution >= 0.6 is 0 Å². The first-order valence-electron chi connectivity index (χ1n) is 7.93. The minimum atomic E-state index is -0.661. The normalized spacial score (nSPS) is 11.4. The minimum Gasteiger partial charge on any atom is -0.508 e. The number of carbonyl (C=O) groups excluding carboxylic acids is 2. The molecule has 0 aromatic heterocycles. The van der Waals surface area contributed by atoms with E-state index in [1.165, 1.54) is 7.05 Å². The van der Waals surface area contributed by atoms with Crippen LogP contribution in [0.4, 0.5) is 4.79 Å². The van der Waals surface area contributed by atoms with E-state index >= 15 is 0 Å². The molecule has 2 aromatic carbocycles. The number of phenolic OH excluding ortho intramolecular Hbond substituents is 1. The van der Waals surface area contributed by atoms with E-state index in [1.54, 1.807) is 43.5 Å². The highest BCUT2D eigenvalue weighted by atomic mass is 16.5.